The summed E-state index contributed by atoms with van der Waals surface area (Å²) in [4.78, 5) is 24.9. The van der Waals surface area contributed by atoms with E-state index in [9.17, 15) is 14.0 Å². The molecule has 0 aliphatic rings. The van der Waals surface area contributed by atoms with Crippen molar-refractivity contribution in [2.45, 2.75) is 13.8 Å². The van der Waals surface area contributed by atoms with Gasteiger partial charge >= 0.3 is 0 Å². The van der Waals surface area contributed by atoms with Crippen molar-refractivity contribution in [1.82, 2.24) is 0 Å². The van der Waals surface area contributed by atoms with Crippen molar-refractivity contribution in [3.05, 3.63) is 94.8 Å². The fourth-order valence-corrected chi connectivity index (χ4v) is 2.72. The van der Waals surface area contributed by atoms with Gasteiger partial charge < -0.3 is 10.6 Å². The SMILES string of the molecule is Cc1ccc(NC(=O)c2cccc(C(=O)Nc3cccc(F)c3)c2)c(C)c1. The molecule has 0 bridgehead atoms. The van der Waals surface area contributed by atoms with Crippen LogP contribution in [-0.4, -0.2) is 11.8 Å². The number of halogens is 1. The Morgan fingerprint density at radius 1 is 0.778 bits per heavy atom. The first-order chi connectivity index (χ1) is 12.9. The minimum Gasteiger partial charge on any atom is -0.322 e. The summed E-state index contributed by atoms with van der Waals surface area (Å²) in [5.41, 5.74) is 3.82. The highest BCUT2D eigenvalue weighted by Crippen LogP contribution is 2.18. The number of amides is 2. The molecule has 0 saturated carbocycles. The van der Waals surface area contributed by atoms with Crippen molar-refractivity contribution in [2.75, 3.05) is 10.6 Å². The van der Waals surface area contributed by atoms with Gasteiger partial charge in [0.2, 0.25) is 0 Å². The molecular formula is C22H19FN2O2. The molecule has 3 aromatic rings. The molecule has 0 unspecified atom stereocenters. The summed E-state index contributed by atoms with van der Waals surface area (Å²) in [6.45, 7) is 3.91. The van der Waals surface area contributed by atoms with Gasteiger partial charge in [-0.25, -0.2) is 4.39 Å². The monoisotopic (exact) mass is 362 g/mol. The van der Waals surface area contributed by atoms with Gasteiger partial charge in [0.1, 0.15) is 5.82 Å². The van der Waals surface area contributed by atoms with Gasteiger partial charge in [0.05, 0.1) is 0 Å². The molecule has 4 nitrogen and oxygen atoms in total. The smallest absolute Gasteiger partial charge is 0.255 e. The number of hydrogen-bond donors (Lipinski definition) is 2. The molecule has 0 radical (unpaired) electrons. The Morgan fingerprint density at radius 3 is 2.11 bits per heavy atom. The molecule has 0 aromatic heterocycles. The van der Waals surface area contributed by atoms with Gasteiger partial charge in [-0.15, -0.1) is 0 Å². The highest BCUT2D eigenvalue weighted by atomic mass is 19.1. The van der Waals surface area contributed by atoms with E-state index < -0.39 is 11.7 Å². The van der Waals surface area contributed by atoms with E-state index in [1.807, 2.05) is 32.0 Å². The highest BCUT2D eigenvalue weighted by Gasteiger charge is 2.12. The van der Waals surface area contributed by atoms with Gasteiger partial charge in [-0.1, -0.05) is 29.8 Å². The molecule has 3 aromatic carbocycles. The third-order valence-corrected chi connectivity index (χ3v) is 4.10. The summed E-state index contributed by atoms with van der Waals surface area (Å²) in [5.74, 6) is -1.15. The number of hydrogen-bond acceptors (Lipinski definition) is 2. The molecule has 0 fully saturated rings. The maximum atomic E-state index is 13.3. The van der Waals surface area contributed by atoms with Crippen LogP contribution in [0.4, 0.5) is 15.8 Å². The summed E-state index contributed by atoms with van der Waals surface area (Å²) in [6, 6.07) is 17.8. The van der Waals surface area contributed by atoms with E-state index in [0.29, 0.717) is 16.8 Å². The van der Waals surface area contributed by atoms with Crippen LogP contribution in [0.5, 0.6) is 0 Å². The van der Waals surface area contributed by atoms with Crippen LogP contribution < -0.4 is 10.6 Å². The van der Waals surface area contributed by atoms with E-state index in [4.69, 9.17) is 0 Å². The molecule has 0 aliphatic carbocycles. The fourth-order valence-electron chi connectivity index (χ4n) is 2.72. The quantitative estimate of drug-likeness (QED) is 0.690. The molecule has 0 spiro atoms. The number of carbonyl (C=O) groups excluding carboxylic acids is 2. The maximum Gasteiger partial charge on any atom is 0.255 e. The molecule has 3 rings (SSSR count). The van der Waals surface area contributed by atoms with E-state index in [1.165, 1.54) is 24.3 Å². The second-order valence-corrected chi connectivity index (χ2v) is 6.32. The molecule has 27 heavy (non-hydrogen) atoms. The van der Waals surface area contributed by atoms with Crippen molar-refractivity contribution in [2.24, 2.45) is 0 Å². The molecule has 0 heterocycles. The second kappa shape index (κ2) is 7.83. The minimum absolute atomic E-state index is 0.303. The molecular weight excluding hydrogens is 343 g/mol. The van der Waals surface area contributed by atoms with Gasteiger partial charge in [-0.2, -0.15) is 0 Å². The first-order valence-electron chi connectivity index (χ1n) is 8.48. The van der Waals surface area contributed by atoms with E-state index in [-0.39, 0.29) is 5.91 Å². The largest absolute Gasteiger partial charge is 0.322 e. The van der Waals surface area contributed by atoms with Crippen LogP contribution >= 0.6 is 0 Å². The zero-order chi connectivity index (χ0) is 19.4. The van der Waals surface area contributed by atoms with Gasteiger partial charge in [0.25, 0.3) is 11.8 Å². The highest BCUT2D eigenvalue weighted by molar-refractivity contribution is 6.08. The van der Waals surface area contributed by atoms with Gasteiger partial charge in [0.15, 0.2) is 0 Å². The van der Waals surface area contributed by atoms with Crippen LogP contribution in [0.15, 0.2) is 66.7 Å². The fraction of sp³-hybridized carbons (Fsp3) is 0.0909. The van der Waals surface area contributed by atoms with E-state index in [0.717, 1.165) is 16.8 Å². The Balaban J connectivity index is 1.76. The van der Waals surface area contributed by atoms with E-state index in [1.54, 1.807) is 24.3 Å². The van der Waals surface area contributed by atoms with Crippen molar-refractivity contribution in [1.29, 1.82) is 0 Å². The molecule has 0 aliphatic heterocycles. The lowest BCUT2D eigenvalue weighted by Crippen LogP contribution is -2.16. The number of nitrogens with one attached hydrogen (secondary N) is 2. The molecule has 5 heteroatoms. The normalized spacial score (nSPS) is 10.3. The lowest BCUT2D eigenvalue weighted by atomic mass is 10.1. The zero-order valence-corrected chi connectivity index (χ0v) is 15.0. The molecule has 0 atom stereocenters. The van der Waals surface area contributed by atoms with Crippen molar-refractivity contribution in [3.8, 4) is 0 Å². The van der Waals surface area contributed by atoms with Crippen LogP contribution in [0, 0.1) is 19.7 Å². The van der Waals surface area contributed by atoms with Crippen molar-refractivity contribution >= 4 is 23.2 Å². The van der Waals surface area contributed by atoms with E-state index in [2.05, 4.69) is 10.6 Å². The molecule has 0 saturated heterocycles. The standard InChI is InChI=1S/C22H19FN2O2/c1-14-9-10-20(15(2)11-14)25-22(27)17-6-3-5-16(12-17)21(26)24-19-8-4-7-18(23)13-19/h3-13H,1-2H3,(H,24,26)(H,25,27). The van der Waals surface area contributed by atoms with Crippen LogP contribution in [0.1, 0.15) is 31.8 Å². The summed E-state index contributed by atoms with van der Waals surface area (Å²) in [6.07, 6.45) is 0. The molecule has 2 amide bonds. The average Bonchev–Trinajstić information content (AvgIpc) is 2.64. The topological polar surface area (TPSA) is 58.2 Å². The van der Waals surface area contributed by atoms with Gasteiger partial charge in [-0.3, -0.25) is 9.59 Å². The van der Waals surface area contributed by atoms with Gasteiger partial charge in [-0.05, 0) is 61.9 Å². The van der Waals surface area contributed by atoms with Gasteiger partial charge in [0, 0.05) is 22.5 Å². The molecule has 136 valence electrons. The first kappa shape index (κ1) is 18.3. The Kier molecular flexibility index (Phi) is 5.31. The lowest BCUT2D eigenvalue weighted by Gasteiger charge is -2.10. The zero-order valence-electron chi connectivity index (χ0n) is 15.0. The summed E-state index contributed by atoms with van der Waals surface area (Å²) in [7, 11) is 0. The number of anilines is 2. The summed E-state index contributed by atoms with van der Waals surface area (Å²) in [5, 5.41) is 5.48. The third kappa shape index (κ3) is 4.58. The Labute approximate surface area is 157 Å². The minimum atomic E-state index is -0.436. The van der Waals surface area contributed by atoms with Crippen LogP contribution in [0.3, 0.4) is 0 Å². The molecule has 2 N–H and O–H groups in total. The number of aryl methyl sites for hydroxylation is 2. The average molecular weight is 362 g/mol. The van der Waals surface area contributed by atoms with Crippen LogP contribution in [0.2, 0.25) is 0 Å². The van der Waals surface area contributed by atoms with Crippen molar-refractivity contribution in [3.63, 3.8) is 0 Å². The third-order valence-electron chi connectivity index (χ3n) is 4.10. The summed E-state index contributed by atoms with van der Waals surface area (Å²) >= 11 is 0. The second-order valence-electron chi connectivity index (χ2n) is 6.32. The number of benzene rings is 3. The maximum absolute atomic E-state index is 13.3. The van der Waals surface area contributed by atoms with Crippen molar-refractivity contribution < 1.29 is 14.0 Å². The Morgan fingerprint density at radius 2 is 1.44 bits per heavy atom. The predicted molar refractivity (Wildman–Crippen MR) is 105 cm³/mol. The van der Waals surface area contributed by atoms with Crippen LogP contribution in [0.25, 0.3) is 0 Å². The predicted octanol–water partition coefficient (Wildman–Crippen LogP) is 4.95. The summed E-state index contributed by atoms with van der Waals surface area (Å²) < 4.78 is 13.3. The van der Waals surface area contributed by atoms with E-state index >= 15 is 0 Å². The van der Waals surface area contributed by atoms with Crippen LogP contribution in [-0.2, 0) is 0 Å². The number of rotatable bonds is 4. The Bertz CT molecular complexity index is 1010. The first-order valence-corrected chi connectivity index (χ1v) is 8.48. The number of carbonyl (C=O) groups is 2. The Hall–Kier alpha value is -3.47. The lowest BCUT2D eigenvalue weighted by molar-refractivity contribution is 0.102.